The Balaban J connectivity index is 1.48. The predicted molar refractivity (Wildman–Crippen MR) is 174 cm³/mol. The molecule has 0 bridgehead atoms. The summed E-state index contributed by atoms with van der Waals surface area (Å²) in [5, 5.41) is 22.2. The molecule has 0 heterocycles. The summed E-state index contributed by atoms with van der Waals surface area (Å²) in [7, 11) is 0. The summed E-state index contributed by atoms with van der Waals surface area (Å²) in [5.41, 5.74) is 2.09. The molecule has 0 fully saturated rings. The minimum Gasteiger partial charge on any atom is -0.507 e. The number of ether oxygens (including phenoxy) is 1. The minimum atomic E-state index is -0.884. The van der Waals surface area contributed by atoms with E-state index in [9.17, 15) is 24.6 Å². The normalized spacial score (nSPS) is 12.9. The van der Waals surface area contributed by atoms with E-state index in [1.54, 1.807) is 12.1 Å². The SMILES string of the molecule is CCCCCCC(OC(=O)CCCc1ccc(N(CCCl)CCCl)cc1)c1cc(O)c2c(c1O)C(=O)c1ccccc1C2=O. The van der Waals surface area contributed by atoms with Crippen LogP contribution in [0.1, 0.15) is 101 Å². The number of anilines is 1. The molecule has 1 atom stereocenters. The molecule has 0 spiro atoms. The number of hydrogen-bond donors (Lipinski definition) is 2. The van der Waals surface area contributed by atoms with Crippen LogP contribution in [0.5, 0.6) is 11.5 Å². The van der Waals surface area contributed by atoms with Crippen molar-refractivity contribution in [1.29, 1.82) is 0 Å². The lowest BCUT2D eigenvalue weighted by molar-refractivity contribution is -0.150. The molecule has 1 aliphatic carbocycles. The highest BCUT2D eigenvalue weighted by atomic mass is 35.5. The van der Waals surface area contributed by atoms with Gasteiger partial charge in [0.05, 0.1) is 11.1 Å². The summed E-state index contributed by atoms with van der Waals surface area (Å²) in [5.74, 6) is -1.38. The van der Waals surface area contributed by atoms with Gasteiger partial charge >= 0.3 is 5.97 Å². The second-order valence-corrected chi connectivity index (χ2v) is 11.8. The maximum atomic E-state index is 13.4. The molecule has 7 nitrogen and oxygen atoms in total. The molecular weight excluding hydrogens is 601 g/mol. The fourth-order valence-corrected chi connectivity index (χ4v) is 6.07. The Labute approximate surface area is 268 Å². The maximum Gasteiger partial charge on any atom is 0.306 e. The molecule has 0 radical (unpaired) electrons. The molecule has 0 amide bonds. The summed E-state index contributed by atoms with van der Waals surface area (Å²) in [4.78, 5) is 41.7. The van der Waals surface area contributed by atoms with Crippen LogP contribution in [0.2, 0.25) is 0 Å². The van der Waals surface area contributed by atoms with Crippen LogP contribution >= 0.6 is 23.2 Å². The Morgan fingerprint density at radius 1 is 0.864 bits per heavy atom. The molecule has 1 aliphatic rings. The fourth-order valence-electron chi connectivity index (χ4n) is 5.66. The topological polar surface area (TPSA) is 104 Å². The number of aromatic hydroxyl groups is 2. The second kappa shape index (κ2) is 16.0. The zero-order chi connectivity index (χ0) is 31.6. The molecule has 0 aliphatic heterocycles. The Morgan fingerprint density at radius 3 is 2.11 bits per heavy atom. The third-order valence-corrected chi connectivity index (χ3v) is 8.31. The second-order valence-electron chi connectivity index (χ2n) is 11.0. The molecule has 234 valence electrons. The number of alkyl halides is 2. The third kappa shape index (κ3) is 7.74. The molecule has 0 saturated carbocycles. The van der Waals surface area contributed by atoms with Gasteiger partial charge in [0, 0.05) is 53.6 Å². The molecule has 2 N–H and O–H groups in total. The smallest absolute Gasteiger partial charge is 0.306 e. The zero-order valence-corrected chi connectivity index (χ0v) is 26.5. The van der Waals surface area contributed by atoms with Crippen LogP contribution in [-0.4, -0.2) is 52.6 Å². The first-order valence-corrected chi connectivity index (χ1v) is 16.3. The lowest BCUT2D eigenvalue weighted by Crippen LogP contribution is -2.27. The molecule has 3 aromatic rings. The number of benzene rings is 3. The molecule has 1 unspecified atom stereocenters. The number of halogens is 2. The summed E-state index contributed by atoms with van der Waals surface area (Å²) in [6.07, 6.45) is 4.53. The predicted octanol–water partition coefficient (Wildman–Crippen LogP) is 7.73. The van der Waals surface area contributed by atoms with E-state index >= 15 is 0 Å². The van der Waals surface area contributed by atoms with Gasteiger partial charge in [0.1, 0.15) is 17.6 Å². The standard InChI is InChI=1S/C35H39Cl2NO6/c1-2-3-4-5-12-29(44-30(40)13-8-9-23-14-16-24(17-15-23)38(20-18-36)21-19-37)27-22-28(39)31-32(35(27)43)34(42)26-11-7-6-10-25(26)33(31)41/h6-7,10-11,14-17,22,29,39,43H,2-5,8-9,12-13,18-21H2,1H3. The minimum absolute atomic E-state index is 0.126. The summed E-state index contributed by atoms with van der Waals surface area (Å²) < 4.78 is 5.88. The van der Waals surface area contributed by atoms with Crippen molar-refractivity contribution in [2.75, 3.05) is 29.7 Å². The van der Waals surface area contributed by atoms with Crippen LogP contribution in [0.3, 0.4) is 0 Å². The maximum absolute atomic E-state index is 13.4. The molecule has 0 aromatic heterocycles. The zero-order valence-electron chi connectivity index (χ0n) is 25.0. The van der Waals surface area contributed by atoms with Crippen LogP contribution in [0, 0.1) is 0 Å². The van der Waals surface area contributed by atoms with Gasteiger partial charge in [0.2, 0.25) is 0 Å². The Bertz CT molecular complexity index is 1470. The van der Waals surface area contributed by atoms with Crippen LogP contribution in [0.25, 0.3) is 0 Å². The third-order valence-electron chi connectivity index (χ3n) is 7.98. The van der Waals surface area contributed by atoms with Crippen LogP contribution in [0.4, 0.5) is 5.69 Å². The van der Waals surface area contributed by atoms with E-state index in [0.29, 0.717) is 44.1 Å². The van der Waals surface area contributed by atoms with Gasteiger partial charge in [0.25, 0.3) is 0 Å². The van der Waals surface area contributed by atoms with E-state index in [1.807, 2.05) is 24.3 Å². The fraction of sp³-hybridized carbons (Fsp3) is 0.400. The van der Waals surface area contributed by atoms with Crippen molar-refractivity contribution < 1.29 is 29.3 Å². The Kier molecular flexibility index (Phi) is 12.1. The van der Waals surface area contributed by atoms with Crippen molar-refractivity contribution in [2.45, 2.75) is 64.4 Å². The van der Waals surface area contributed by atoms with E-state index in [2.05, 4.69) is 11.8 Å². The number of nitrogens with zero attached hydrogens (tertiary/aromatic N) is 1. The lowest BCUT2D eigenvalue weighted by atomic mass is 9.81. The number of aryl methyl sites for hydroxylation is 1. The van der Waals surface area contributed by atoms with Gasteiger partial charge in [-0.3, -0.25) is 14.4 Å². The highest BCUT2D eigenvalue weighted by Crippen LogP contribution is 2.43. The number of phenols is 2. The average Bonchev–Trinajstić information content (AvgIpc) is 3.02. The van der Waals surface area contributed by atoms with Gasteiger partial charge in [-0.05, 0) is 49.4 Å². The number of carbonyl (C=O) groups excluding carboxylic acids is 3. The molecule has 9 heteroatoms. The van der Waals surface area contributed by atoms with Gasteiger partial charge in [-0.25, -0.2) is 0 Å². The molecule has 0 saturated heterocycles. The first-order valence-electron chi connectivity index (χ1n) is 15.2. The van der Waals surface area contributed by atoms with E-state index in [4.69, 9.17) is 27.9 Å². The number of ketones is 2. The Morgan fingerprint density at radius 2 is 1.50 bits per heavy atom. The monoisotopic (exact) mass is 639 g/mol. The molecule has 3 aromatic carbocycles. The molecule has 44 heavy (non-hydrogen) atoms. The number of fused-ring (bicyclic) bond motifs is 2. The van der Waals surface area contributed by atoms with E-state index in [-0.39, 0.29) is 34.2 Å². The highest BCUT2D eigenvalue weighted by Gasteiger charge is 2.37. The summed E-state index contributed by atoms with van der Waals surface area (Å²) in [6.45, 7) is 3.50. The lowest BCUT2D eigenvalue weighted by Gasteiger charge is -2.25. The van der Waals surface area contributed by atoms with Crippen molar-refractivity contribution in [2.24, 2.45) is 0 Å². The largest absolute Gasteiger partial charge is 0.507 e. The number of hydrogen-bond acceptors (Lipinski definition) is 7. The van der Waals surface area contributed by atoms with Crippen molar-refractivity contribution >= 4 is 46.4 Å². The van der Waals surface area contributed by atoms with Crippen molar-refractivity contribution in [3.8, 4) is 11.5 Å². The number of esters is 1. The van der Waals surface area contributed by atoms with Gasteiger partial charge in [-0.1, -0.05) is 62.6 Å². The van der Waals surface area contributed by atoms with Gasteiger partial charge in [0.15, 0.2) is 11.6 Å². The molecule has 4 rings (SSSR count). The number of phenolic OH excluding ortho intramolecular Hbond substituents is 2. The van der Waals surface area contributed by atoms with Crippen LogP contribution < -0.4 is 4.90 Å². The van der Waals surface area contributed by atoms with E-state index in [1.165, 1.54) is 18.2 Å². The Hall–Kier alpha value is -3.55. The van der Waals surface area contributed by atoms with Crippen molar-refractivity contribution in [3.63, 3.8) is 0 Å². The van der Waals surface area contributed by atoms with Crippen LogP contribution in [0.15, 0.2) is 54.6 Å². The highest BCUT2D eigenvalue weighted by molar-refractivity contribution is 6.30. The van der Waals surface area contributed by atoms with Crippen molar-refractivity contribution in [1.82, 2.24) is 0 Å². The number of carbonyl (C=O) groups is 3. The van der Waals surface area contributed by atoms with E-state index < -0.39 is 35.1 Å². The molecular formula is C35H39Cl2NO6. The summed E-state index contributed by atoms with van der Waals surface area (Å²) >= 11 is 11.8. The first kappa shape index (κ1) is 33.3. The van der Waals surface area contributed by atoms with Crippen molar-refractivity contribution in [3.05, 3.63) is 88.0 Å². The number of rotatable bonds is 16. The van der Waals surface area contributed by atoms with Crippen LogP contribution in [-0.2, 0) is 16.0 Å². The average molecular weight is 641 g/mol. The van der Waals surface area contributed by atoms with E-state index in [0.717, 1.165) is 36.9 Å². The van der Waals surface area contributed by atoms with Gasteiger partial charge < -0.3 is 19.8 Å². The number of unbranched alkanes of at least 4 members (excludes halogenated alkanes) is 3. The quantitative estimate of drug-likeness (QED) is 0.0559. The first-order chi connectivity index (χ1) is 21.3. The summed E-state index contributed by atoms with van der Waals surface area (Å²) in [6, 6.07) is 15.7. The van der Waals surface area contributed by atoms with Gasteiger partial charge in [-0.15, -0.1) is 23.2 Å². The van der Waals surface area contributed by atoms with Gasteiger partial charge in [-0.2, -0.15) is 0 Å².